The Morgan fingerprint density at radius 1 is 1.35 bits per heavy atom. The summed E-state index contributed by atoms with van der Waals surface area (Å²) in [6.07, 6.45) is 1.12. The molecule has 0 spiro atoms. The SMILES string of the molecule is CC[C@@H](NC(=O)c1cn(C[C@H](O)c2ccccc2F)nn1)c1cccs1. The lowest BCUT2D eigenvalue weighted by atomic mass is 10.1. The van der Waals surface area contributed by atoms with Crippen molar-refractivity contribution in [2.24, 2.45) is 0 Å². The van der Waals surface area contributed by atoms with Gasteiger partial charge in [-0.3, -0.25) is 4.79 Å². The molecule has 0 fully saturated rings. The van der Waals surface area contributed by atoms with Gasteiger partial charge in [0, 0.05) is 10.4 Å². The van der Waals surface area contributed by atoms with Crippen LogP contribution in [-0.4, -0.2) is 26.0 Å². The van der Waals surface area contributed by atoms with E-state index < -0.39 is 11.9 Å². The molecule has 2 atom stereocenters. The number of thiophene rings is 1. The van der Waals surface area contributed by atoms with E-state index in [1.807, 2.05) is 24.4 Å². The number of nitrogens with one attached hydrogen (secondary N) is 1. The van der Waals surface area contributed by atoms with E-state index in [0.29, 0.717) is 0 Å². The molecule has 136 valence electrons. The smallest absolute Gasteiger partial charge is 0.273 e. The first-order chi connectivity index (χ1) is 12.6. The Balaban J connectivity index is 1.65. The number of rotatable bonds is 7. The van der Waals surface area contributed by atoms with E-state index in [9.17, 15) is 14.3 Å². The zero-order valence-corrected chi connectivity index (χ0v) is 15.0. The van der Waals surface area contributed by atoms with Gasteiger partial charge in [-0.05, 0) is 23.9 Å². The molecule has 6 nitrogen and oxygen atoms in total. The van der Waals surface area contributed by atoms with Gasteiger partial charge in [-0.1, -0.05) is 36.4 Å². The van der Waals surface area contributed by atoms with Gasteiger partial charge >= 0.3 is 0 Å². The molecule has 0 bridgehead atoms. The third kappa shape index (κ3) is 4.14. The highest BCUT2D eigenvalue weighted by Crippen LogP contribution is 2.22. The summed E-state index contributed by atoms with van der Waals surface area (Å²) >= 11 is 1.58. The summed E-state index contributed by atoms with van der Waals surface area (Å²) < 4.78 is 15.1. The Morgan fingerprint density at radius 2 is 2.15 bits per heavy atom. The van der Waals surface area contributed by atoms with E-state index in [1.165, 1.54) is 23.0 Å². The number of nitrogens with zero attached hydrogens (tertiary/aromatic N) is 3. The van der Waals surface area contributed by atoms with E-state index in [2.05, 4.69) is 15.6 Å². The number of carbonyl (C=O) groups is 1. The van der Waals surface area contributed by atoms with Crippen molar-refractivity contribution in [2.45, 2.75) is 32.0 Å². The number of halogens is 1. The van der Waals surface area contributed by atoms with Gasteiger partial charge in [0.1, 0.15) is 11.9 Å². The first-order valence-electron chi connectivity index (χ1n) is 8.25. The van der Waals surface area contributed by atoms with Gasteiger partial charge in [0.25, 0.3) is 5.91 Å². The van der Waals surface area contributed by atoms with Crippen LogP contribution in [0.25, 0.3) is 0 Å². The molecule has 1 amide bonds. The van der Waals surface area contributed by atoms with Crippen LogP contribution in [0.1, 0.15) is 46.4 Å². The highest BCUT2D eigenvalue weighted by atomic mass is 32.1. The molecule has 2 aromatic heterocycles. The second-order valence-electron chi connectivity index (χ2n) is 5.81. The molecular formula is C18H19FN4O2S. The van der Waals surface area contributed by atoms with Crippen molar-refractivity contribution < 1.29 is 14.3 Å². The van der Waals surface area contributed by atoms with Crippen molar-refractivity contribution in [2.75, 3.05) is 0 Å². The largest absolute Gasteiger partial charge is 0.386 e. The average Bonchev–Trinajstić information content (AvgIpc) is 3.31. The Labute approximate surface area is 154 Å². The fourth-order valence-electron chi connectivity index (χ4n) is 2.61. The minimum atomic E-state index is -1.08. The maximum Gasteiger partial charge on any atom is 0.273 e. The van der Waals surface area contributed by atoms with Crippen LogP contribution in [0, 0.1) is 5.82 Å². The zero-order valence-electron chi connectivity index (χ0n) is 14.2. The third-order valence-electron chi connectivity index (χ3n) is 4.00. The molecule has 0 aliphatic heterocycles. The molecule has 0 saturated heterocycles. The number of aromatic nitrogens is 3. The first-order valence-corrected chi connectivity index (χ1v) is 9.13. The Hall–Kier alpha value is -2.58. The molecule has 1 aromatic carbocycles. The molecule has 2 N–H and O–H groups in total. The van der Waals surface area contributed by atoms with Crippen LogP contribution in [0.5, 0.6) is 0 Å². The predicted molar refractivity (Wildman–Crippen MR) is 96.2 cm³/mol. The van der Waals surface area contributed by atoms with Crippen molar-refractivity contribution >= 4 is 17.2 Å². The summed E-state index contributed by atoms with van der Waals surface area (Å²) in [6.45, 7) is 2.00. The van der Waals surface area contributed by atoms with Gasteiger partial charge in [-0.2, -0.15) is 0 Å². The summed E-state index contributed by atoms with van der Waals surface area (Å²) in [6, 6.07) is 9.83. The van der Waals surface area contributed by atoms with Gasteiger partial charge < -0.3 is 10.4 Å². The van der Waals surface area contributed by atoms with Gasteiger partial charge in [-0.15, -0.1) is 16.4 Å². The van der Waals surface area contributed by atoms with E-state index in [4.69, 9.17) is 0 Å². The number of amides is 1. The standard InChI is InChI=1S/C18H19FN4O2S/c1-2-14(17-8-5-9-26-17)20-18(25)15-10-23(22-21-15)11-16(24)12-6-3-4-7-13(12)19/h3-10,14,16,24H,2,11H2,1H3,(H,20,25)/t14-,16+/m1/s1. The van der Waals surface area contributed by atoms with Gasteiger partial charge in [0.2, 0.25) is 0 Å². The fraction of sp³-hybridized carbons (Fsp3) is 0.278. The maximum atomic E-state index is 13.7. The second-order valence-corrected chi connectivity index (χ2v) is 6.79. The molecule has 0 radical (unpaired) electrons. The number of hydrogen-bond donors (Lipinski definition) is 2. The van der Waals surface area contributed by atoms with Crippen LogP contribution in [0.15, 0.2) is 48.0 Å². The maximum absolute atomic E-state index is 13.7. The van der Waals surface area contributed by atoms with E-state index in [0.717, 1.165) is 11.3 Å². The van der Waals surface area contributed by atoms with Gasteiger partial charge in [0.05, 0.1) is 18.8 Å². The third-order valence-corrected chi connectivity index (χ3v) is 4.98. The van der Waals surface area contributed by atoms with Crippen molar-refractivity contribution in [3.05, 3.63) is 69.9 Å². The van der Waals surface area contributed by atoms with Crippen LogP contribution in [0.2, 0.25) is 0 Å². The highest BCUT2D eigenvalue weighted by molar-refractivity contribution is 7.10. The number of aliphatic hydroxyl groups excluding tert-OH is 1. The molecule has 0 unspecified atom stereocenters. The van der Waals surface area contributed by atoms with Crippen LogP contribution < -0.4 is 5.32 Å². The topological polar surface area (TPSA) is 80.0 Å². The number of hydrogen-bond acceptors (Lipinski definition) is 5. The lowest BCUT2D eigenvalue weighted by Crippen LogP contribution is -2.27. The van der Waals surface area contributed by atoms with Crippen molar-refractivity contribution in [3.63, 3.8) is 0 Å². The predicted octanol–water partition coefficient (Wildman–Crippen LogP) is 3.09. The quantitative estimate of drug-likeness (QED) is 0.666. The molecule has 3 aromatic rings. The lowest BCUT2D eigenvalue weighted by Gasteiger charge is -2.14. The van der Waals surface area contributed by atoms with Crippen LogP contribution in [-0.2, 0) is 6.54 Å². The number of benzene rings is 1. The van der Waals surface area contributed by atoms with E-state index in [1.54, 1.807) is 23.5 Å². The van der Waals surface area contributed by atoms with E-state index >= 15 is 0 Å². The van der Waals surface area contributed by atoms with Crippen LogP contribution in [0.3, 0.4) is 0 Å². The summed E-state index contributed by atoms with van der Waals surface area (Å²) in [5, 5.41) is 22.8. The van der Waals surface area contributed by atoms with Gasteiger partial charge in [-0.25, -0.2) is 9.07 Å². The minimum absolute atomic E-state index is 0.00332. The summed E-state index contributed by atoms with van der Waals surface area (Å²) in [4.78, 5) is 13.5. The van der Waals surface area contributed by atoms with Crippen molar-refractivity contribution in [3.8, 4) is 0 Å². The Bertz CT molecular complexity index is 866. The molecule has 2 heterocycles. The summed E-state index contributed by atoms with van der Waals surface area (Å²) in [5.41, 5.74) is 0.332. The molecule has 0 aliphatic carbocycles. The highest BCUT2D eigenvalue weighted by Gasteiger charge is 2.19. The molecule has 3 rings (SSSR count). The van der Waals surface area contributed by atoms with E-state index in [-0.39, 0.29) is 29.8 Å². The Morgan fingerprint density at radius 3 is 2.85 bits per heavy atom. The van der Waals surface area contributed by atoms with Crippen molar-refractivity contribution in [1.82, 2.24) is 20.3 Å². The molecule has 26 heavy (non-hydrogen) atoms. The number of carbonyl (C=O) groups excluding carboxylic acids is 1. The Kier molecular flexibility index (Phi) is 5.75. The lowest BCUT2D eigenvalue weighted by molar-refractivity contribution is 0.0931. The zero-order chi connectivity index (χ0) is 18.5. The second kappa shape index (κ2) is 8.20. The fourth-order valence-corrected chi connectivity index (χ4v) is 3.47. The van der Waals surface area contributed by atoms with Crippen LogP contribution in [0.4, 0.5) is 4.39 Å². The number of aliphatic hydroxyl groups is 1. The molecular weight excluding hydrogens is 355 g/mol. The molecule has 8 heteroatoms. The summed E-state index contributed by atoms with van der Waals surface area (Å²) in [7, 11) is 0. The normalized spacial score (nSPS) is 13.3. The minimum Gasteiger partial charge on any atom is -0.386 e. The monoisotopic (exact) mass is 374 g/mol. The average molecular weight is 374 g/mol. The van der Waals surface area contributed by atoms with Gasteiger partial charge in [0.15, 0.2) is 5.69 Å². The summed E-state index contributed by atoms with van der Waals surface area (Å²) in [5.74, 6) is -0.823. The van der Waals surface area contributed by atoms with Crippen LogP contribution >= 0.6 is 11.3 Å². The van der Waals surface area contributed by atoms with Crippen molar-refractivity contribution in [1.29, 1.82) is 0 Å². The molecule has 0 saturated carbocycles. The molecule has 0 aliphatic rings. The first kappa shape index (κ1) is 18.2.